The summed E-state index contributed by atoms with van der Waals surface area (Å²) in [6.07, 6.45) is 1.30. The molecule has 88 valence electrons. The number of pyridine rings is 1. The van der Waals surface area contributed by atoms with Crippen molar-refractivity contribution in [2.75, 3.05) is 5.32 Å². The lowest BCUT2D eigenvalue weighted by Gasteiger charge is -2.01. The summed E-state index contributed by atoms with van der Waals surface area (Å²) in [5.74, 6) is -0.104. The minimum absolute atomic E-state index is 0.0126. The maximum Gasteiger partial charge on any atom is 0.322 e. The summed E-state index contributed by atoms with van der Waals surface area (Å²) in [6, 6.07) is 1.41. The van der Waals surface area contributed by atoms with Crippen molar-refractivity contribution in [3.63, 3.8) is 0 Å². The second-order valence-electron chi connectivity index (χ2n) is 3.08. The van der Waals surface area contributed by atoms with E-state index in [2.05, 4.69) is 20.5 Å². The maximum atomic E-state index is 11.7. The first-order valence-corrected chi connectivity index (χ1v) is 5.24. The monoisotopic (exact) mass is 272 g/mol. The molecule has 1 N–H and O–H groups in total. The predicted molar refractivity (Wildman–Crippen MR) is 61.2 cm³/mol. The fraction of sp³-hybridized carbons (Fsp3) is 0.111. The van der Waals surface area contributed by atoms with Crippen molar-refractivity contribution >= 4 is 35.1 Å². The van der Waals surface area contributed by atoms with Crippen LogP contribution in [0, 0.1) is 6.92 Å². The smallest absolute Gasteiger partial charge is 0.322 e. The van der Waals surface area contributed by atoms with Gasteiger partial charge in [-0.25, -0.2) is 4.98 Å². The van der Waals surface area contributed by atoms with Gasteiger partial charge in [-0.3, -0.25) is 10.1 Å². The Labute approximate surface area is 106 Å². The van der Waals surface area contributed by atoms with Crippen LogP contribution in [0.25, 0.3) is 0 Å². The molecule has 0 saturated heterocycles. The van der Waals surface area contributed by atoms with Crippen LogP contribution >= 0.6 is 23.2 Å². The molecule has 0 aromatic carbocycles. The number of amides is 1. The lowest BCUT2D eigenvalue weighted by Crippen LogP contribution is -2.12. The molecule has 2 aromatic heterocycles. The molecule has 0 aliphatic carbocycles. The zero-order valence-corrected chi connectivity index (χ0v) is 10.1. The van der Waals surface area contributed by atoms with Crippen LogP contribution in [-0.2, 0) is 0 Å². The van der Waals surface area contributed by atoms with E-state index in [-0.39, 0.29) is 21.8 Å². The molecule has 6 nitrogen and oxygen atoms in total. The number of carbonyl (C=O) groups excluding carboxylic acids is 1. The van der Waals surface area contributed by atoms with Crippen molar-refractivity contribution < 1.29 is 9.21 Å². The minimum Gasteiger partial charge on any atom is -0.408 e. The van der Waals surface area contributed by atoms with Gasteiger partial charge in [0, 0.05) is 13.1 Å². The highest BCUT2D eigenvalue weighted by Crippen LogP contribution is 2.20. The van der Waals surface area contributed by atoms with Crippen molar-refractivity contribution in [1.29, 1.82) is 0 Å². The Morgan fingerprint density at radius 2 is 2.18 bits per heavy atom. The molecule has 0 unspecified atom stereocenters. The quantitative estimate of drug-likeness (QED) is 0.849. The van der Waals surface area contributed by atoms with E-state index in [1.54, 1.807) is 6.92 Å². The summed E-state index contributed by atoms with van der Waals surface area (Å²) in [4.78, 5) is 15.5. The largest absolute Gasteiger partial charge is 0.408 e. The van der Waals surface area contributed by atoms with Crippen LogP contribution in [0.3, 0.4) is 0 Å². The normalized spacial score (nSPS) is 10.3. The summed E-state index contributed by atoms with van der Waals surface area (Å²) in [7, 11) is 0. The van der Waals surface area contributed by atoms with Gasteiger partial charge >= 0.3 is 6.01 Å². The third kappa shape index (κ3) is 2.72. The number of hydrogen-bond donors (Lipinski definition) is 1. The fourth-order valence-corrected chi connectivity index (χ4v) is 1.33. The highest BCUT2D eigenvalue weighted by Gasteiger charge is 2.12. The van der Waals surface area contributed by atoms with Gasteiger partial charge in [-0.2, -0.15) is 0 Å². The van der Waals surface area contributed by atoms with E-state index in [4.69, 9.17) is 27.6 Å². The molecule has 17 heavy (non-hydrogen) atoms. The predicted octanol–water partition coefficient (Wildman–Crippen LogP) is 2.33. The Balaban J connectivity index is 2.17. The molecule has 0 spiro atoms. The van der Waals surface area contributed by atoms with Crippen molar-refractivity contribution in [2.45, 2.75) is 6.92 Å². The topological polar surface area (TPSA) is 80.9 Å². The third-order valence-electron chi connectivity index (χ3n) is 1.80. The number of hydrogen-bond acceptors (Lipinski definition) is 5. The van der Waals surface area contributed by atoms with E-state index < -0.39 is 5.91 Å². The number of anilines is 1. The van der Waals surface area contributed by atoms with Gasteiger partial charge in [0.15, 0.2) is 0 Å². The molecule has 0 aliphatic heterocycles. The Kier molecular flexibility index (Phi) is 3.26. The van der Waals surface area contributed by atoms with E-state index in [9.17, 15) is 4.79 Å². The van der Waals surface area contributed by atoms with Gasteiger partial charge < -0.3 is 4.42 Å². The summed E-state index contributed by atoms with van der Waals surface area (Å²) >= 11 is 11.4. The molecule has 0 fully saturated rings. The van der Waals surface area contributed by atoms with Gasteiger partial charge in [0.1, 0.15) is 5.15 Å². The first kappa shape index (κ1) is 11.8. The Morgan fingerprint density at radius 1 is 1.41 bits per heavy atom. The number of rotatable bonds is 2. The van der Waals surface area contributed by atoms with Gasteiger partial charge in [-0.15, -0.1) is 5.10 Å². The number of nitrogens with one attached hydrogen (secondary N) is 1. The van der Waals surface area contributed by atoms with Gasteiger partial charge in [-0.05, 0) is 6.07 Å². The lowest BCUT2D eigenvalue weighted by molar-refractivity contribution is 0.102. The van der Waals surface area contributed by atoms with E-state index in [0.717, 1.165) is 0 Å². The molecule has 2 heterocycles. The molecule has 1 amide bonds. The van der Waals surface area contributed by atoms with Crippen LogP contribution in [-0.4, -0.2) is 21.1 Å². The second kappa shape index (κ2) is 4.68. The Bertz CT molecular complexity index is 570. The summed E-state index contributed by atoms with van der Waals surface area (Å²) in [5.41, 5.74) is 0.246. The van der Waals surface area contributed by atoms with Crippen molar-refractivity contribution in [3.05, 3.63) is 33.9 Å². The van der Waals surface area contributed by atoms with Crippen LogP contribution < -0.4 is 5.32 Å². The molecule has 8 heteroatoms. The minimum atomic E-state index is -0.459. The molecular weight excluding hydrogens is 267 g/mol. The van der Waals surface area contributed by atoms with E-state index in [1.807, 2.05) is 0 Å². The number of aryl methyl sites for hydroxylation is 1. The van der Waals surface area contributed by atoms with E-state index in [0.29, 0.717) is 5.89 Å². The first-order valence-electron chi connectivity index (χ1n) is 4.49. The van der Waals surface area contributed by atoms with Gasteiger partial charge in [0.05, 0.1) is 10.6 Å². The Morgan fingerprint density at radius 3 is 2.76 bits per heavy atom. The van der Waals surface area contributed by atoms with Crippen molar-refractivity contribution in [3.8, 4) is 0 Å². The summed E-state index contributed by atoms with van der Waals surface area (Å²) < 4.78 is 5.00. The summed E-state index contributed by atoms with van der Waals surface area (Å²) in [5, 5.41) is 9.93. The number of halogens is 2. The van der Waals surface area contributed by atoms with Crippen molar-refractivity contribution in [2.24, 2.45) is 0 Å². The van der Waals surface area contributed by atoms with Gasteiger partial charge in [0.25, 0.3) is 5.91 Å². The SMILES string of the molecule is Cc1nnc(NC(=O)c2cnc(Cl)c(Cl)c2)o1. The van der Waals surface area contributed by atoms with Crippen molar-refractivity contribution in [1.82, 2.24) is 15.2 Å². The second-order valence-corrected chi connectivity index (χ2v) is 3.84. The van der Waals surface area contributed by atoms with Crippen LogP contribution in [0.15, 0.2) is 16.7 Å². The molecule has 0 bridgehead atoms. The fourth-order valence-electron chi connectivity index (χ4n) is 1.06. The molecule has 0 aliphatic rings. The van der Waals surface area contributed by atoms with Crippen LogP contribution in [0.4, 0.5) is 6.01 Å². The number of carbonyl (C=O) groups is 1. The van der Waals surface area contributed by atoms with Gasteiger partial charge in [-0.1, -0.05) is 28.3 Å². The third-order valence-corrected chi connectivity index (χ3v) is 2.49. The van der Waals surface area contributed by atoms with E-state index >= 15 is 0 Å². The van der Waals surface area contributed by atoms with Gasteiger partial charge in [0.2, 0.25) is 5.89 Å². The molecule has 0 radical (unpaired) electrons. The van der Waals surface area contributed by atoms with Crippen LogP contribution in [0.2, 0.25) is 10.2 Å². The lowest BCUT2D eigenvalue weighted by atomic mass is 10.3. The standard InChI is InChI=1S/C9H6Cl2N4O2/c1-4-14-15-9(17-4)13-8(16)5-2-6(10)7(11)12-3-5/h2-3H,1H3,(H,13,15,16). The van der Waals surface area contributed by atoms with Crippen LogP contribution in [0.1, 0.15) is 16.2 Å². The number of nitrogens with zero attached hydrogens (tertiary/aromatic N) is 3. The molecule has 2 aromatic rings. The zero-order valence-electron chi connectivity index (χ0n) is 8.57. The van der Waals surface area contributed by atoms with Crippen LogP contribution in [0.5, 0.6) is 0 Å². The molecule has 0 atom stereocenters. The first-order chi connectivity index (χ1) is 8.06. The zero-order chi connectivity index (χ0) is 12.4. The molecule has 0 saturated carbocycles. The average molecular weight is 273 g/mol. The number of aromatic nitrogens is 3. The summed E-state index contributed by atoms with van der Waals surface area (Å²) in [6.45, 7) is 1.61. The maximum absolute atomic E-state index is 11.7. The highest BCUT2D eigenvalue weighted by atomic mass is 35.5. The van der Waals surface area contributed by atoms with E-state index in [1.165, 1.54) is 12.3 Å². The highest BCUT2D eigenvalue weighted by molar-refractivity contribution is 6.41. The Hall–Kier alpha value is -1.66. The average Bonchev–Trinajstić information content (AvgIpc) is 2.68. The molecule has 2 rings (SSSR count). The molecular formula is C9H6Cl2N4O2.